The summed E-state index contributed by atoms with van der Waals surface area (Å²) < 4.78 is 7.95. The van der Waals surface area contributed by atoms with E-state index in [1.54, 1.807) is 10.8 Å². The molecule has 0 bridgehead atoms. The van der Waals surface area contributed by atoms with Gasteiger partial charge in [-0.05, 0) is 15.9 Å². The van der Waals surface area contributed by atoms with E-state index in [9.17, 15) is 15.3 Å². The lowest BCUT2D eigenvalue weighted by Crippen LogP contribution is -2.33. The first-order valence-electron chi connectivity index (χ1n) is 6.76. The first kappa shape index (κ1) is 15.6. The van der Waals surface area contributed by atoms with E-state index in [4.69, 9.17) is 4.74 Å². The zero-order valence-corrected chi connectivity index (χ0v) is 13.7. The Morgan fingerprint density at radius 1 is 1.32 bits per heavy atom. The molecule has 4 atom stereocenters. The zero-order chi connectivity index (χ0) is 16.0. The number of aromatic nitrogens is 3. The summed E-state index contributed by atoms with van der Waals surface area (Å²) in [6.45, 7) is -0.368. The molecule has 2 aromatic heterocycles. The third-order valence-electron chi connectivity index (χ3n) is 3.76. The van der Waals surface area contributed by atoms with E-state index in [2.05, 4.69) is 25.9 Å². The molecule has 8 nitrogen and oxygen atoms in total. The van der Waals surface area contributed by atoms with Crippen LogP contribution < -0.4 is 4.90 Å². The number of aliphatic hydroxyl groups is 3. The number of ether oxygens (including phenoxy) is 1. The van der Waals surface area contributed by atoms with E-state index < -0.39 is 24.5 Å². The van der Waals surface area contributed by atoms with Gasteiger partial charge in [0.1, 0.15) is 36.1 Å². The normalized spacial score (nSPS) is 28.5. The van der Waals surface area contributed by atoms with Gasteiger partial charge in [0.25, 0.3) is 0 Å². The molecule has 0 aliphatic carbocycles. The molecule has 22 heavy (non-hydrogen) atoms. The van der Waals surface area contributed by atoms with Crippen LogP contribution in [0.15, 0.2) is 17.0 Å². The highest BCUT2D eigenvalue weighted by atomic mass is 79.9. The second kappa shape index (κ2) is 5.74. The number of fused-ring (bicyclic) bond motifs is 1. The molecule has 1 aliphatic heterocycles. The molecule has 1 unspecified atom stereocenters. The Kier molecular flexibility index (Phi) is 4.08. The summed E-state index contributed by atoms with van der Waals surface area (Å²) >= 11 is 3.47. The van der Waals surface area contributed by atoms with E-state index in [-0.39, 0.29) is 6.61 Å². The molecule has 3 rings (SSSR count). The van der Waals surface area contributed by atoms with Gasteiger partial charge >= 0.3 is 0 Å². The molecule has 1 fully saturated rings. The lowest BCUT2D eigenvalue weighted by atomic mass is 10.1. The molecule has 120 valence electrons. The summed E-state index contributed by atoms with van der Waals surface area (Å²) in [5, 5.41) is 30.1. The minimum Gasteiger partial charge on any atom is -0.394 e. The Morgan fingerprint density at radius 3 is 2.64 bits per heavy atom. The zero-order valence-electron chi connectivity index (χ0n) is 12.1. The molecule has 3 N–H and O–H groups in total. The van der Waals surface area contributed by atoms with Gasteiger partial charge in [-0.1, -0.05) is 0 Å². The van der Waals surface area contributed by atoms with Crippen molar-refractivity contribution in [3.8, 4) is 0 Å². The molecule has 0 aromatic carbocycles. The molecule has 0 radical (unpaired) electrons. The molecule has 2 aromatic rings. The van der Waals surface area contributed by atoms with E-state index in [0.717, 1.165) is 15.7 Å². The Hall–Kier alpha value is -1.26. The van der Waals surface area contributed by atoms with Gasteiger partial charge < -0.3 is 29.5 Å². The Labute approximate surface area is 135 Å². The van der Waals surface area contributed by atoms with Crippen LogP contribution in [-0.2, 0) is 4.74 Å². The van der Waals surface area contributed by atoms with Gasteiger partial charge in [-0.2, -0.15) is 0 Å². The van der Waals surface area contributed by atoms with Crippen molar-refractivity contribution < 1.29 is 20.1 Å². The highest BCUT2D eigenvalue weighted by Crippen LogP contribution is 2.37. The van der Waals surface area contributed by atoms with Crippen LogP contribution in [-0.4, -0.2) is 68.9 Å². The van der Waals surface area contributed by atoms with E-state index in [1.165, 1.54) is 6.33 Å². The highest BCUT2D eigenvalue weighted by Gasteiger charge is 2.44. The fraction of sp³-hybridized carbons (Fsp3) is 0.538. The van der Waals surface area contributed by atoms with Gasteiger partial charge in [-0.25, -0.2) is 9.97 Å². The number of nitrogens with zero attached hydrogens (tertiary/aromatic N) is 4. The molecule has 0 amide bonds. The lowest BCUT2D eigenvalue weighted by molar-refractivity contribution is -0.0509. The standard InChI is InChI=1S/C13H17BrN4O4/c1-17(2)11-8-6(14)3-18(12(8)16-5-15-11)13-10(21)9(20)7(4-19)22-13/h3,5,7,9-10,13,19-21H,4H2,1-2H3/t7-,9-,10-,13?/m1/s1. The molecule has 1 saturated heterocycles. The predicted molar refractivity (Wildman–Crippen MR) is 82.6 cm³/mol. The number of anilines is 1. The van der Waals surface area contributed by atoms with Crippen LogP contribution in [0, 0.1) is 0 Å². The van der Waals surface area contributed by atoms with Crippen molar-refractivity contribution in [1.82, 2.24) is 14.5 Å². The Bertz CT molecular complexity index is 692. The van der Waals surface area contributed by atoms with Gasteiger partial charge in [-0.3, -0.25) is 0 Å². The van der Waals surface area contributed by atoms with E-state index in [1.807, 2.05) is 19.0 Å². The number of hydrogen-bond acceptors (Lipinski definition) is 7. The van der Waals surface area contributed by atoms with Gasteiger partial charge in [0.2, 0.25) is 0 Å². The maximum absolute atomic E-state index is 10.2. The summed E-state index contributed by atoms with van der Waals surface area (Å²) in [5.74, 6) is 0.724. The van der Waals surface area contributed by atoms with E-state index >= 15 is 0 Å². The van der Waals surface area contributed by atoms with Crippen molar-refractivity contribution in [2.24, 2.45) is 0 Å². The average molecular weight is 373 g/mol. The average Bonchev–Trinajstić information content (AvgIpc) is 2.98. The minimum atomic E-state index is -1.16. The van der Waals surface area contributed by atoms with E-state index in [0.29, 0.717) is 5.65 Å². The summed E-state index contributed by atoms with van der Waals surface area (Å²) in [6.07, 6.45) is -0.801. The second-order valence-electron chi connectivity index (χ2n) is 5.40. The quantitative estimate of drug-likeness (QED) is 0.689. The fourth-order valence-electron chi connectivity index (χ4n) is 2.67. The molecule has 3 heterocycles. The van der Waals surface area contributed by atoms with Crippen LogP contribution in [0.3, 0.4) is 0 Å². The molecular formula is C13H17BrN4O4. The van der Waals surface area contributed by atoms with Crippen molar-refractivity contribution in [1.29, 1.82) is 0 Å². The first-order chi connectivity index (χ1) is 10.5. The highest BCUT2D eigenvalue weighted by molar-refractivity contribution is 9.10. The third kappa shape index (κ3) is 2.29. The molecular weight excluding hydrogens is 356 g/mol. The number of rotatable bonds is 3. The largest absolute Gasteiger partial charge is 0.394 e. The maximum Gasteiger partial charge on any atom is 0.164 e. The van der Waals surface area contributed by atoms with Gasteiger partial charge in [0, 0.05) is 24.8 Å². The van der Waals surface area contributed by atoms with Gasteiger partial charge in [0.05, 0.1) is 12.0 Å². The summed E-state index contributed by atoms with van der Waals surface area (Å²) in [4.78, 5) is 10.4. The predicted octanol–water partition coefficient (Wildman–Crippen LogP) is -0.129. The topological polar surface area (TPSA) is 104 Å². The summed E-state index contributed by atoms with van der Waals surface area (Å²) in [7, 11) is 3.75. The van der Waals surface area contributed by atoms with Crippen LogP contribution in [0.4, 0.5) is 5.82 Å². The summed E-state index contributed by atoms with van der Waals surface area (Å²) in [5.41, 5.74) is 0.570. The van der Waals surface area contributed by atoms with Crippen LogP contribution in [0.1, 0.15) is 6.23 Å². The monoisotopic (exact) mass is 372 g/mol. The molecule has 1 aliphatic rings. The van der Waals surface area contributed by atoms with Crippen LogP contribution in [0.25, 0.3) is 11.0 Å². The summed E-state index contributed by atoms with van der Waals surface area (Å²) in [6, 6.07) is 0. The maximum atomic E-state index is 10.2. The number of aliphatic hydroxyl groups excluding tert-OH is 3. The van der Waals surface area contributed by atoms with Gasteiger partial charge in [0.15, 0.2) is 6.23 Å². The molecule has 0 saturated carbocycles. The Morgan fingerprint density at radius 2 is 2.05 bits per heavy atom. The smallest absolute Gasteiger partial charge is 0.164 e. The van der Waals surface area contributed by atoms with Crippen LogP contribution >= 0.6 is 15.9 Å². The second-order valence-corrected chi connectivity index (χ2v) is 6.26. The van der Waals surface area contributed by atoms with Crippen LogP contribution in [0.2, 0.25) is 0 Å². The minimum absolute atomic E-state index is 0.368. The third-order valence-corrected chi connectivity index (χ3v) is 4.36. The SMILES string of the molecule is CN(C)c1ncnc2c1c(Br)cn2C1O[C@H](CO)[C@@H](O)[C@H]1O. The lowest BCUT2D eigenvalue weighted by Gasteiger charge is -2.18. The first-order valence-corrected chi connectivity index (χ1v) is 7.55. The molecule has 0 spiro atoms. The van der Waals surface area contributed by atoms with Crippen molar-refractivity contribution in [3.63, 3.8) is 0 Å². The fourth-order valence-corrected chi connectivity index (χ4v) is 3.24. The van der Waals surface area contributed by atoms with Crippen molar-refractivity contribution in [2.45, 2.75) is 24.5 Å². The number of hydrogen-bond donors (Lipinski definition) is 3. The molecule has 9 heteroatoms. The van der Waals surface area contributed by atoms with Crippen LogP contribution in [0.5, 0.6) is 0 Å². The van der Waals surface area contributed by atoms with Gasteiger partial charge in [-0.15, -0.1) is 0 Å². The van der Waals surface area contributed by atoms with Crippen molar-refractivity contribution in [2.75, 3.05) is 25.6 Å². The van der Waals surface area contributed by atoms with Crippen molar-refractivity contribution >= 4 is 32.8 Å². The number of halogens is 1. The Balaban J connectivity index is 2.11. The van der Waals surface area contributed by atoms with Crippen molar-refractivity contribution in [3.05, 3.63) is 17.0 Å².